The third-order valence-corrected chi connectivity index (χ3v) is 4.48. The maximum absolute atomic E-state index is 12.3. The summed E-state index contributed by atoms with van der Waals surface area (Å²) in [7, 11) is 0. The van der Waals surface area contributed by atoms with Crippen LogP contribution >= 0.6 is 11.8 Å². The highest BCUT2D eigenvalue weighted by Crippen LogP contribution is 2.44. The van der Waals surface area contributed by atoms with Crippen molar-refractivity contribution < 1.29 is 9.90 Å². The molecule has 3 rings (SSSR count). The molecule has 0 spiro atoms. The van der Waals surface area contributed by atoms with Crippen molar-refractivity contribution in [2.45, 2.75) is 18.0 Å². The number of aromatic nitrogens is 2. The minimum atomic E-state index is -0.172. The molecule has 1 amide bonds. The Balaban J connectivity index is 1.84. The van der Waals surface area contributed by atoms with Crippen LogP contribution in [0.3, 0.4) is 0 Å². The van der Waals surface area contributed by atoms with Crippen LogP contribution in [-0.4, -0.2) is 39.8 Å². The third kappa shape index (κ3) is 2.29. The van der Waals surface area contributed by atoms with Gasteiger partial charge in [0.1, 0.15) is 0 Å². The van der Waals surface area contributed by atoms with Crippen LogP contribution in [0, 0.1) is 5.41 Å². The molecular weight excluding hydrogens is 274 g/mol. The van der Waals surface area contributed by atoms with Gasteiger partial charge in [-0.15, -0.1) is 0 Å². The van der Waals surface area contributed by atoms with E-state index < -0.39 is 0 Å². The van der Waals surface area contributed by atoms with Gasteiger partial charge >= 0.3 is 0 Å². The van der Waals surface area contributed by atoms with E-state index in [-0.39, 0.29) is 17.9 Å². The first-order chi connectivity index (χ1) is 9.69. The fraction of sp³-hybridized carbons (Fsp3) is 0.429. The van der Waals surface area contributed by atoms with E-state index in [4.69, 9.17) is 0 Å². The molecular formula is C14H17N3O2S. The van der Waals surface area contributed by atoms with Crippen molar-refractivity contribution in [1.82, 2.24) is 14.7 Å². The Morgan fingerprint density at radius 3 is 3.00 bits per heavy atom. The van der Waals surface area contributed by atoms with Gasteiger partial charge in [0.25, 0.3) is 5.91 Å². The minimum absolute atomic E-state index is 0.0897. The van der Waals surface area contributed by atoms with Crippen molar-refractivity contribution in [2.24, 2.45) is 5.41 Å². The Labute approximate surface area is 121 Å². The quantitative estimate of drug-likeness (QED) is 0.820. The van der Waals surface area contributed by atoms with Gasteiger partial charge in [-0.05, 0) is 31.2 Å². The van der Waals surface area contributed by atoms with Gasteiger partial charge in [-0.3, -0.25) is 9.20 Å². The highest BCUT2D eigenvalue weighted by molar-refractivity contribution is 7.98. The van der Waals surface area contributed by atoms with Gasteiger partial charge in [0, 0.05) is 18.2 Å². The second-order valence-electron chi connectivity index (χ2n) is 5.24. The van der Waals surface area contributed by atoms with Crippen molar-refractivity contribution in [3.63, 3.8) is 0 Å². The number of carbonyl (C=O) groups is 1. The molecule has 2 aromatic rings. The Bertz CT molecular complexity index is 649. The summed E-state index contributed by atoms with van der Waals surface area (Å²) in [4.78, 5) is 16.7. The molecule has 6 heteroatoms. The predicted molar refractivity (Wildman–Crippen MR) is 78.1 cm³/mol. The number of aliphatic hydroxyl groups excluding tert-OH is 1. The van der Waals surface area contributed by atoms with Gasteiger partial charge < -0.3 is 10.4 Å². The lowest BCUT2D eigenvalue weighted by molar-refractivity contribution is 0.0932. The standard InChI is InChI=1S/C14H17N3O2S/c1-20-13-16-11(10-4-2-3-7-17(10)13)12(19)15-8-14(9-18)5-6-14/h2-4,7,18H,5-6,8-9H2,1H3,(H,15,19). The summed E-state index contributed by atoms with van der Waals surface area (Å²) in [5.74, 6) is -0.172. The van der Waals surface area contributed by atoms with Crippen molar-refractivity contribution in [3.8, 4) is 0 Å². The summed E-state index contributed by atoms with van der Waals surface area (Å²) in [5, 5.41) is 13.0. The van der Waals surface area contributed by atoms with Crippen molar-refractivity contribution >= 4 is 23.2 Å². The number of rotatable bonds is 5. The first-order valence-corrected chi connectivity index (χ1v) is 7.82. The lowest BCUT2D eigenvalue weighted by Gasteiger charge is -2.11. The van der Waals surface area contributed by atoms with E-state index >= 15 is 0 Å². The molecule has 2 N–H and O–H groups in total. The molecule has 0 radical (unpaired) electrons. The van der Waals surface area contributed by atoms with Gasteiger partial charge in [-0.1, -0.05) is 17.8 Å². The van der Waals surface area contributed by atoms with E-state index in [1.807, 2.05) is 35.1 Å². The molecule has 1 aliphatic rings. The molecule has 20 heavy (non-hydrogen) atoms. The van der Waals surface area contributed by atoms with E-state index in [1.54, 1.807) is 0 Å². The summed E-state index contributed by atoms with van der Waals surface area (Å²) < 4.78 is 1.92. The summed E-state index contributed by atoms with van der Waals surface area (Å²) in [6.07, 6.45) is 5.79. The van der Waals surface area contributed by atoms with Crippen molar-refractivity contribution in [3.05, 3.63) is 30.1 Å². The molecule has 0 saturated heterocycles. The van der Waals surface area contributed by atoms with Crippen LogP contribution in [0.5, 0.6) is 0 Å². The van der Waals surface area contributed by atoms with E-state index in [2.05, 4.69) is 10.3 Å². The SMILES string of the molecule is CSc1nc(C(=O)NCC2(CO)CC2)c2ccccn12. The number of hydrogen-bond donors (Lipinski definition) is 2. The van der Waals surface area contributed by atoms with Crippen LogP contribution in [0.2, 0.25) is 0 Å². The van der Waals surface area contributed by atoms with Crippen LogP contribution in [0.25, 0.3) is 5.52 Å². The number of amides is 1. The smallest absolute Gasteiger partial charge is 0.272 e. The van der Waals surface area contributed by atoms with Crippen LogP contribution in [0.1, 0.15) is 23.3 Å². The van der Waals surface area contributed by atoms with Gasteiger partial charge in [-0.25, -0.2) is 4.98 Å². The van der Waals surface area contributed by atoms with Crippen LogP contribution in [0.15, 0.2) is 29.6 Å². The molecule has 2 heterocycles. The van der Waals surface area contributed by atoms with Gasteiger partial charge in [-0.2, -0.15) is 0 Å². The molecule has 0 aliphatic heterocycles. The monoisotopic (exact) mass is 291 g/mol. The number of imidazole rings is 1. The minimum Gasteiger partial charge on any atom is -0.396 e. The number of aliphatic hydroxyl groups is 1. The lowest BCUT2D eigenvalue weighted by Crippen LogP contribution is -2.32. The van der Waals surface area contributed by atoms with Crippen LogP contribution < -0.4 is 5.32 Å². The topological polar surface area (TPSA) is 66.6 Å². The number of nitrogens with one attached hydrogen (secondary N) is 1. The van der Waals surface area contributed by atoms with Gasteiger partial charge in [0.15, 0.2) is 10.9 Å². The molecule has 0 unspecified atom stereocenters. The van der Waals surface area contributed by atoms with E-state index in [9.17, 15) is 9.90 Å². The highest BCUT2D eigenvalue weighted by Gasteiger charge is 2.42. The first-order valence-electron chi connectivity index (χ1n) is 6.59. The van der Waals surface area contributed by atoms with E-state index in [1.165, 1.54) is 11.8 Å². The zero-order valence-electron chi connectivity index (χ0n) is 11.3. The van der Waals surface area contributed by atoms with Gasteiger partial charge in [0.05, 0.1) is 12.1 Å². The zero-order chi connectivity index (χ0) is 14.2. The van der Waals surface area contributed by atoms with Gasteiger partial charge in [0.2, 0.25) is 0 Å². The molecule has 1 aliphatic carbocycles. The first kappa shape index (κ1) is 13.5. The number of nitrogens with zero attached hydrogens (tertiary/aromatic N) is 2. The predicted octanol–water partition coefficient (Wildman–Crippen LogP) is 1.56. The second-order valence-corrected chi connectivity index (χ2v) is 6.02. The molecule has 1 fully saturated rings. The molecule has 1 saturated carbocycles. The Morgan fingerprint density at radius 2 is 2.35 bits per heavy atom. The number of pyridine rings is 1. The normalized spacial score (nSPS) is 16.3. The molecule has 0 atom stereocenters. The lowest BCUT2D eigenvalue weighted by atomic mass is 10.1. The average Bonchev–Trinajstić information content (AvgIpc) is 3.18. The average molecular weight is 291 g/mol. The third-order valence-electron chi connectivity index (χ3n) is 3.83. The number of fused-ring (bicyclic) bond motifs is 1. The molecule has 2 aromatic heterocycles. The Kier molecular flexibility index (Phi) is 3.43. The highest BCUT2D eigenvalue weighted by atomic mass is 32.2. The zero-order valence-corrected chi connectivity index (χ0v) is 12.1. The largest absolute Gasteiger partial charge is 0.396 e. The van der Waals surface area contributed by atoms with Crippen molar-refractivity contribution in [1.29, 1.82) is 0 Å². The maximum Gasteiger partial charge on any atom is 0.272 e. The number of hydrogen-bond acceptors (Lipinski definition) is 4. The molecule has 5 nitrogen and oxygen atoms in total. The number of carbonyl (C=O) groups excluding carboxylic acids is 1. The van der Waals surface area contributed by atoms with Crippen LogP contribution in [0.4, 0.5) is 0 Å². The van der Waals surface area contributed by atoms with Crippen molar-refractivity contribution in [2.75, 3.05) is 19.4 Å². The number of thioether (sulfide) groups is 1. The summed E-state index contributed by atoms with van der Waals surface area (Å²) in [6, 6.07) is 5.70. The maximum atomic E-state index is 12.3. The van der Waals surface area contributed by atoms with E-state index in [0.717, 1.165) is 23.5 Å². The molecule has 0 bridgehead atoms. The second kappa shape index (κ2) is 5.10. The fourth-order valence-corrected chi connectivity index (χ4v) is 2.78. The Hall–Kier alpha value is -1.53. The summed E-state index contributed by atoms with van der Waals surface area (Å²) in [6.45, 7) is 0.649. The van der Waals surface area contributed by atoms with E-state index in [0.29, 0.717) is 12.2 Å². The Morgan fingerprint density at radius 1 is 1.55 bits per heavy atom. The summed E-state index contributed by atoms with van der Waals surface area (Å²) >= 11 is 1.51. The summed E-state index contributed by atoms with van der Waals surface area (Å²) in [5.41, 5.74) is 1.17. The molecule has 106 valence electrons. The molecule has 0 aromatic carbocycles. The van der Waals surface area contributed by atoms with Crippen LogP contribution in [-0.2, 0) is 0 Å². The fourth-order valence-electron chi connectivity index (χ4n) is 2.24.